The average molecular weight is 328 g/mol. The van der Waals surface area contributed by atoms with Crippen LogP contribution >= 0.6 is 35.0 Å². The molecule has 4 nitrogen and oxygen atoms in total. The number of anilines is 1. The van der Waals surface area contributed by atoms with E-state index in [4.69, 9.17) is 23.2 Å². The summed E-state index contributed by atoms with van der Waals surface area (Å²) in [5.41, 5.74) is 1.76. The lowest BCUT2D eigenvalue weighted by Gasteiger charge is -2.09. The minimum absolute atomic E-state index is 0.126. The number of carbonyl (C=O) groups is 1. The molecule has 0 bridgehead atoms. The number of hydrogen-bond donors (Lipinski definition) is 1. The zero-order chi connectivity index (χ0) is 14.7. The number of thioether (sulfide) groups is 1. The van der Waals surface area contributed by atoms with Crippen LogP contribution in [0.3, 0.4) is 0 Å². The van der Waals surface area contributed by atoms with Crippen LogP contribution in [0.2, 0.25) is 10.2 Å². The van der Waals surface area contributed by atoms with Crippen LogP contribution in [0.25, 0.3) is 0 Å². The van der Waals surface area contributed by atoms with Gasteiger partial charge in [0.2, 0.25) is 0 Å². The molecule has 1 N–H and O–H groups in total. The molecular weight excluding hydrogens is 317 g/mol. The van der Waals surface area contributed by atoms with Crippen LogP contribution in [0, 0.1) is 6.92 Å². The fourth-order valence-corrected chi connectivity index (χ4v) is 2.29. The number of nitrogens with one attached hydrogen (secondary N) is 1. The minimum Gasteiger partial charge on any atom is -0.322 e. The molecule has 2 rings (SSSR count). The second-order valence-corrected chi connectivity index (χ2v) is 5.54. The van der Waals surface area contributed by atoms with E-state index in [1.165, 1.54) is 18.0 Å². The van der Waals surface area contributed by atoms with Crippen LogP contribution in [-0.4, -0.2) is 22.1 Å². The van der Waals surface area contributed by atoms with Crippen molar-refractivity contribution in [2.45, 2.75) is 12.1 Å². The molecule has 0 fully saturated rings. The number of carbonyl (C=O) groups excluding carboxylic acids is 1. The number of rotatable bonds is 3. The first kappa shape index (κ1) is 15.1. The molecule has 7 heteroatoms. The van der Waals surface area contributed by atoms with E-state index in [1.807, 2.05) is 19.2 Å². The van der Waals surface area contributed by atoms with E-state index in [1.54, 1.807) is 12.1 Å². The van der Waals surface area contributed by atoms with Gasteiger partial charge < -0.3 is 5.32 Å². The van der Waals surface area contributed by atoms with Crippen molar-refractivity contribution in [3.63, 3.8) is 0 Å². The number of benzene rings is 1. The number of amides is 1. The Labute approximate surface area is 130 Å². The van der Waals surface area contributed by atoms with Gasteiger partial charge in [0.05, 0.1) is 5.56 Å². The highest BCUT2D eigenvalue weighted by Crippen LogP contribution is 2.22. The first-order chi connectivity index (χ1) is 9.51. The van der Waals surface area contributed by atoms with Gasteiger partial charge in [-0.25, -0.2) is 9.97 Å². The maximum Gasteiger partial charge on any atom is 0.260 e. The van der Waals surface area contributed by atoms with E-state index in [0.29, 0.717) is 15.9 Å². The quantitative estimate of drug-likeness (QED) is 0.524. The molecule has 1 heterocycles. The van der Waals surface area contributed by atoms with Gasteiger partial charge in [0.1, 0.15) is 5.15 Å². The Morgan fingerprint density at radius 2 is 2.10 bits per heavy atom. The number of aromatic nitrogens is 2. The molecule has 0 saturated carbocycles. The van der Waals surface area contributed by atoms with Crippen molar-refractivity contribution in [1.82, 2.24) is 9.97 Å². The zero-order valence-electron chi connectivity index (χ0n) is 10.8. The summed E-state index contributed by atoms with van der Waals surface area (Å²) in [5.74, 6) is -0.368. The van der Waals surface area contributed by atoms with Gasteiger partial charge in [0.25, 0.3) is 5.91 Å². The molecule has 104 valence electrons. The molecule has 1 aromatic heterocycles. The predicted molar refractivity (Wildman–Crippen MR) is 83.0 cm³/mol. The monoisotopic (exact) mass is 327 g/mol. The second-order valence-electron chi connectivity index (χ2n) is 3.97. The summed E-state index contributed by atoms with van der Waals surface area (Å²) in [4.78, 5) is 20.2. The van der Waals surface area contributed by atoms with Crippen LogP contribution in [0.15, 0.2) is 29.6 Å². The summed E-state index contributed by atoms with van der Waals surface area (Å²) in [6, 6.07) is 5.27. The Bertz CT molecular complexity index is 664. The van der Waals surface area contributed by atoms with E-state index in [9.17, 15) is 4.79 Å². The van der Waals surface area contributed by atoms with E-state index in [-0.39, 0.29) is 16.6 Å². The van der Waals surface area contributed by atoms with Crippen LogP contribution < -0.4 is 5.32 Å². The first-order valence-electron chi connectivity index (χ1n) is 5.65. The van der Waals surface area contributed by atoms with Crippen molar-refractivity contribution in [2.24, 2.45) is 0 Å². The third-order valence-electron chi connectivity index (χ3n) is 2.60. The molecule has 0 saturated heterocycles. The number of hydrogen-bond acceptors (Lipinski definition) is 4. The van der Waals surface area contributed by atoms with Gasteiger partial charge in [-0.05, 0) is 30.9 Å². The van der Waals surface area contributed by atoms with Crippen molar-refractivity contribution in [1.29, 1.82) is 0 Å². The van der Waals surface area contributed by atoms with Crippen molar-refractivity contribution >= 4 is 46.6 Å². The zero-order valence-corrected chi connectivity index (χ0v) is 13.1. The van der Waals surface area contributed by atoms with Crippen LogP contribution in [0.5, 0.6) is 0 Å². The summed E-state index contributed by atoms with van der Waals surface area (Å²) in [5, 5.41) is 3.94. The SMILES string of the molecule is CSc1ncc(C(=O)Nc2cc(Cl)ccc2C)c(Cl)n1. The Hall–Kier alpha value is -1.30. The molecule has 1 amide bonds. The van der Waals surface area contributed by atoms with Gasteiger partial charge in [0, 0.05) is 16.9 Å². The molecular formula is C13H11Cl2N3OS. The van der Waals surface area contributed by atoms with Gasteiger partial charge in [-0.2, -0.15) is 0 Å². The van der Waals surface area contributed by atoms with E-state index in [2.05, 4.69) is 15.3 Å². The highest BCUT2D eigenvalue weighted by Gasteiger charge is 2.14. The minimum atomic E-state index is -0.368. The predicted octanol–water partition coefficient (Wildman–Crippen LogP) is 4.07. The third kappa shape index (κ3) is 3.42. The summed E-state index contributed by atoms with van der Waals surface area (Å²) < 4.78 is 0. The molecule has 1 aromatic carbocycles. The van der Waals surface area contributed by atoms with E-state index < -0.39 is 0 Å². The van der Waals surface area contributed by atoms with Gasteiger partial charge in [0.15, 0.2) is 5.16 Å². The smallest absolute Gasteiger partial charge is 0.260 e. The summed E-state index contributed by atoms with van der Waals surface area (Å²) in [6.45, 7) is 1.88. The largest absolute Gasteiger partial charge is 0.322 e. The normalized spacial score (nSPS) is 10.4. The maximum absolute atomic E-state index is 12.2. The second kappa shape index (κ2) is 6.43. The third-order valence-corrected chi connectivity index (χ3v) is 3.68. The van der Waals surface area contributed by atoms with Crippen molar-refractivity contribution in [3.8, 4) is 0 Å². The first-order valence-corrected chi connectivity index (χ1v) is 7.63. The number of nitrogens with zero attached hydrogens (tertiary/aromatic N) is 2. The van der Waals surface area contributed by atoms with Gasteiger partial charge in [-0.3, -0.25) is 4.79 Å². The van der Waals surface area contributed by atoms with E-state index in [0.717, 1.165) is 5.56 Å². The average Bonchev–Trinajstić information content (AvgIpc) is 2.42. The van der Waals surface area contributed by atoms with E-state index >= 15 is 0 Å². The fraction of sp³-hybridized carbons (Fsp3) is 0.154. The van der Waals surface area contributed by atoms with Crippen molar-refractivity contribution in [3.05, 3.63) is 45.7 Å². The Morgan fingerprint density at radius 3 is 2.75 bits per heavy atom. The highest BCUT2D eigenvalue weighted by molar-refractivity contribution is 7.98. The molecule has 0 aliphatic carbocycles. The molecule has 2 aromatic rings. The molecule has 0 aliphatic heterocycles. The number of halogens is 2. The van der Waals surface area contributed by atoms with Gasteiger partial charge in [-0.15, -0.1) is 0 Å². The van der Waals surface area contributed by atoms with Crippen LogP contribution in [0.1, 0.15) is 15.9 Å². The maximum atomic E-state index is 12.2. The fourth-order valence-electron chi connectivity index (χ4n) is 1.52. The molecule has 0 aliphatic rings. The molecule has 0 unspecified atom stereocenters. The van der Waals surface area contributed by atoms with Crippen LogP contribution in [0.4, 0.5) is 5.69 Å². The lowest BCUT2D eigenvalue weighted by atomic mass is 10.2. The number of aryl methyl sites for hydroxylation is 1. The van der Waals surface area contributed by atoms with Crippen molar-refractivity contribution < 1.29 is 4.79 Å². The molecule has 0 spiro atoms. The van der Waals surface area contributed by atoms with Crippen molar-refractivity contribution in [2.75, 3.05) is 11.6 Å². The summed E-state index contributed by atoms with van der Waals surface area (Å²) in [6.07, 6.45) is 3.25. The highest BCUT2D eigenvalue weighted by atomic mass is 35.5. The van der Waals surface area contributed by atoms with Gasteiger partial charge in [-0.1, -0.05) is 41.0 Å². The Balaban J connectivity index is 2.26. The lowest BCUT2D eigenvalue weighted by Crippen LogP contribution is -2.14. The Morgan fingerprint density at radius 1 is 1.35 bits per heavy atom. The van der Waals surface area contributed by atoms with Gasteiger partial charge >= 0.3 is 0 Å². The topological polar surface area (TPSA) is 54.9 Å². The summed E-state index contributed by atoms with van der Waals surface area (Å²) in [7, 11) is 0. The summed E-state index contributed by atoms with van der Waals surface area (Å²) >= 11 is 13.3. The molecule has 20 heavy (non-hydrogen) atoms. The molecule has 0 radical (unpaired) electrons. The Kier molecular flexibility index (Phi) is 4.86. The molecule has 0 atom stereocenters. The lowest BCUT2D eigenvalue weighted by molar-refractivity contribution is 0.102. The standard InChI is InChI=1S/C13H11Cl2N3OS/c1-7-3-4-8(14)5-10(7)17-12(19)9-6-16-13(20-2)18-11(9)15/h3-6H,1-2H3,(H,17,19). The van der Waals surface area contributed by atoms with Crippen LogP contribution in [-0.2, 0) is 0 Å².